The van der Waals surface area contributed by atoms with Gasteiger partial charge in [-0.05, 0) is 38.8 Å². The molecule has 7 heteroatoms. The molecule has 2 aromatic heterocycles. The number of aromatic nitrogens is 4. The first kappa shape index (κ1) is 13.0. The lowest BCUT2D eigenvalue weighted by Gasteiger charge is -2.20. The van der Waals surface area contributed by atoms with Crippen molar-refractivity contribution < 1.29 is 4.74 Å². The van der Waals surface area contributed by atoms with Gasteiger partial charge in [0.1, 0.15) is 18.1 Å². The summed E-state index contributed by atoms with van der Waals surface area (Å²) in [5.41, 5.74) is 7.25. The molecule has 0 amide bonds. The maximum atomic E-state index is 6.20. The Balaban J connectivity index is 1.50. The fraction of sp³-hybridized carbons (Fsp3) is 0.643. The first-order chi connectivity index (χ1) is 10.3. The van der Waals surface area contributed by atoms with Crippen LogP contribution in [0.2, 0.25) is 0 Å². The highest BCUT2D eigenvalue weighted by Gasteiger charge is 2.30. The van der Waals surface area contributed by atoms with E-state index in [1.807, 2.05) is 4.57 Å². The molecule has 2 N–H and O–H groups in total. The first-order valence-electron chi connectivity index (χ1n) is 7.62. The van der Waals surface area contributed by atoms with E-state index < -0.39 is 0 Å². The van der Waals surface area contributed by atoms with Gasteiger partial charge in [-0.15, -0.1) is 0 Å². The molecule has 0 radical (unpaired) electrons. The average Bonchev–Trinajstić information content (AvgIpc) is 3.19. The molecule has 4 heterocycles. The van der Waals surface area contributed by atoms with Gasteiger partial charge in [0.25, 0.3) is 0 Å². The summed E-state index contributed by atoms with van der Waals surface area (Å²) in [6.07, 6.45) is 8.28. The van der Waals surface area contributed by atoms with Crippen LogP contribution in [0.4, 0.5) is 5.82 Å². The van der Waals surface area contributed by atoms with Crippen molar-refractivity contribution in [1.82, 2.24) is 24.4 Å². The van der Waals surface area contributed by atoms with Crippen LogP contribution in [-0.4, -0.2) is 50.2 Å². The monoisotopic (exact) mass is 288 g/mol. The molecule has 2 unspecified atom stereocenters. The number of likely N-dealkylation sites (tertiary alicyclic amines) is 1. The Hall–Kier alpha value is -1.73. The molecule has 7 nitrogen and oxygen atoms in total. The lowest BCUT2D eigenvalue weighted by Crippen LogP contribution is -2.29. The molecule has 0 aromatic carbocycles. The van der Waals surface area contributed by atoms with Crippen molar-refractivity contribution in [3.63, 3.8) is 0 Å². The molecular weight excluding hydrogens is 268 g/mol. The van der Waals surface area contributed by atoms with Crippen LogP contribution in [0.1, 0.15) is 31.9 Å². The third kappa shape index (κ3) is 2.36. The highest BCUT2D eigenvalue weighted by atomic mass is 16.5. The zero-order valence-electron chi connectivity index (χ0n) is 12.0. The summed E-state index contributed by atoms with van der Waals surface area (Å²) in [4.78, 5) is 15.1. The Labute approximate surface area is 123 Å². The summed E-state index contributed by atoms with van der Waals surface area (Å²) in [5, 5.41) is 0. The molecule has 2 atom stereocenters. The fourth-order valence-electron chi connectivity index (χ4n) is 3.36. The molecule has 21 heavy (non-hydrogen) atoms. The molecule has 0 bridgehead atoms. The number of anilines is 1. The van der Waals surface area contributed by atoms with Gasteiger partial charge < -0.3 is 15.4 Å². The summed E-state index contributed by atoms with van der Waals surface area (Å²) in [5.74, 6) is 0.422. The lowest BCUT2D eigenvalue weighted by molar-refractivity contribution is -0.00874. The highest BCUT2D eigenvalue weighted by Crippen LogP contribution is 2.31. The number of nitrogen functional groups attached to an aromatic ring is 1. The lowest BCUT2D eigenvalue weighted by atomic mass is 10.2. The number of hydrogen-bond donors (Lipinski definition) is 1. The Bertz CT molecular complexity index is 635. The van der Waals surface area contributed by atoms with Crippen LogP contribution < -0.4 is 5.73 Å². The van der Waals surface area contributed by atoms with Gasteiger partial charge in [-0.1, -0.05) is 0 Å². The van der Waals surface area contributed by atoms with Crippen LogP contribution in [0.25, 0.3) is 11.2 Å². The normalized spacial score (nSPS) is 26.9. The minimum Gasteiger partial charge on any atom is -0.382 e. The van der Waals surface area contributed by atoms with Crippen LogP contribution in [0, 0.1) is 0 Å². The quantitative estimate of drug-likeness (QED) is 0.913. The minimum atomic E-state index is 0.0110. The van der Waals surface area contributed by atoms with E-state index in [1.54, 1.807) is 6.33 Å². The zero-order valence-corrected chi connectivity index (χ0v) is 12.0. The van der Waals surface area contributed by atoms with Crippen molar-refractivity contribution in [1.29, 1.82) is 0 Å². The van der Waals surface area contributed by atoms with Crippen molar-refractivity contribution in [2.45, 2.75) is 38.0 Å². The minimum absolute atomic E-state index is 0.0110. The third-order valence-corrected chi connectivity index (χ3v) is 4.44. The van der Waals surface area contributed by atoms with Crippen LogP contribution in [-0.2, 0) is 4.74 Å². The molecule has 2 saturated heterocycles. The van der Waals surface area contributed by atoms with E-state index in [0.717, 1.165) is 25.0 Å². The standard InChI is InChI=1S/C14H20N6O/c15-13-12-14(17-8-16-13)20(9-18-12)11-4-3-10(21-11)7-19-5-1-2-6-19/h8-11H,1-7H2,(H2,15,16,17). The number of fused-ring (bicyclic) bond motifs is 1. The Morgan fingerprint density at radius 3 is 2.90 bits per heavy atom. The van der Waals surface area contributed by atoms with E-state index in [2.05, 4.69) is 19.9 Å². The maximum Gasteiger partial charge on any atom is 0.167 e. The molecule has 4 rings (SSSR count). The SMILES string of the molecule is Nc1ncnc2c1ncn2C1CCC(CN2CCCC2)O1. The molecule has 0 spiro atoms. The van der Waals surface area contributed by atoms with E-state index in [0.29, 0.717) is 17.4 Å². The van der Waals surface area contributed by atoms with Crippen LogP contribution in [0.3, 0.4) is 0 Å². The van der Waals surface area contributed by atoms with Crippen molar-refractivity contribution in [2.24, 2.45) is 0 Å². The second-order valence-electron chi connectivity index (χ2n) is 5.88. The average molecular weight is 288 g/mol. The van der Waals surface area contributed by atoms with Crippen molar-refractivity contribution in [2.75, 3.05) is 25.4 Å². The number of nitrogens with zero attached hydrogens (tertiary/aromatic N) is 5. The topological polar surface area (TPSA) is 82.1 Å². The summed E-state index contributed by atoms with van der Waals surface area (Å²) in [6, 6.07) is 0. The van der Waals surface area contributed by atoms with Gasteiger partial charge in [0.2, 0.25) is 0 Å². The van der Waals surface area contributed by atoms with E-state index in [1.165, 1.54) is 32.3 Å². The second-order valence-corrected chi connectivity index (χ2v) is 5.88. The maximum absolute atomic E-state index is 6.20. The Kier molecular flexibility index (Phi) is 3.23. The van der Waals surface area contributed by atoms with Gasteiger partial charge in [-0.2, -0.15) is 0 Å². The van der Waals surface area contributed by atoms with E-state index in [-0.39, 0.29) is 6.23 Å². The molecular formula is C14H20N6O. The third-order valence-electron chi connectivity index (χ3n) is 4.44. The number of rotatable bonds is 3. The molecule has 2 aliphatic heterocycles. The largest absolute Gasteiger partial charge is 0.382 e. The van der Waals surface area contributed by atoms with Gasteiger partial charge >= 0.3 is 0 Å². The molecule has 0 saturated carbocycles. The van der Waals surface area contributed by atoms with Crippen molar-refractivity contribution >= 4 is 17.0 Å². The molecule has 0 aliphatic carbocycles. The van der Waals surface area contributed by atoms with Crippen LogP contribution in [0.15, 0.2) is 12.7 Å². The molecule has 2 fully saturated rings. The number of ether oxygens (including phenoxy) is 1. The van der Waals surface area contributed by atoms with Gasteiger partial charge in [-0.25, -0.2) is 15.0 Å². The molecule has 2 aromatic rings. The van der Waals surface area contributed by atoms with Crippen molar-refractivity contribution in [3.05, 3.63) is 12.7 Å². The highest BCUT2D eigenvalue weighted by molar-refractivity contribution is 5.81. The summed E-state index contributed by atoms with van der Waals surface area (Å²) >= 11 is 0. The predicted octanol–water partition coefficient (Wildman–Crippen LogP) is 1.18. The molecule has 2 aliphatic rings. The summed E-state index contributed by atoms with van der Waals surface area (Å²) in [7, 11) is 0. The number of nitrogens with two attached hydrogens (primary N) is 1. The first-order valence-corrected chi connectivity index (χ1v) is 7.62. The van der Waals surface area contributed by atoms with Gasteiger partial charge in [0.05, 0.1) is 12.4 Å². The number of imidazole rings is 1. The summed E-state index contributed by atoms with van der Waals surface area (Å²) < 4.78 is 8.18. The second kappa shape index (κ2) is 5.23. The smallest absolute Gasteiger partial charge is 0.167 e. The number of hydrogen-bond acceptors (Lipinski definition) is 6. The Morgan fingerprint density at radius 1 is 1.19 bits per heavy atom. The van der Waals surface area contributed by atoms with Crippen LogP contribution >= 0.6 is 0 Å². The Morgan fingerprint density at radius 2 is 2.05 bits per heavy atom. The van der Waals surface area contributed by atoms with Crippen molar-refractivity contribution in [3.8, 4) is 0 Å². The van der Waals surface area contributed by atoms with Gasteiger partial charge in [-0.3, -0.25) is 4.57 Å². The van der Waals surface area contributed by atoms with E-state index >= 15 is 0 Å². The van der Waals surface area contributed by atoms with E-state index in [9.17, 15) is 0 Å². The van der Waals surface area contributed by atoms with Gasteiger partial charge in [0, 0.05) is 6.54 Å². The summed E-state index contributed by atoms with van der Waals surface area (Å²) in [6.45, 7) is 3.46. The predicted molar refractivity (Wildman–Crippen MR) is 78.6 cm³/mol. The zero-order chi connectivity index (χ0) is 14.2. The van der Waals surface area contributed by atoms with Gasteiger partial charge in [0.15, 0.2) is 11.5 Å². The fourth-order valence-corrected chi connectivity index (χ4v) is 3.36. The molecule has 112 valence electrons. The van der Waals surface area contributed by atoms with Crippen LogP contribution in [0.5, 0.6) is 0 Å². The van der Waals surface area contributed by atoms with E-state index in [4.69, 9.17) is 10.5 Å².